The average Bonchev–Trinajstić information content (AvgIpc) is 1.50. The number of aromatic nitrogens is 2. The molecule has 3 heterocycles. The predicted octanol–water partition coefficient (Wildman–Crippen LogP) is 14.7. The molecule has 0 spiro atoms. The highest BCUT2D eigenvalue weighted by Gasteiger charge is 2.16. The average molecular weight is 761 g/mol. The molecule has 0 fully saturated rings. The first kappa shape index (κ1) is 14.8. The van der Waals surface area contributed by atoms with Crippen molar-refractivity contribution in [1.29, 1.82) is 0 Å². The van der Waals surface area contributed by atoms with Crippen LogP contribution in [-0.2, 0) is 0 Å². The third-order valence-electron chi connectivity index (χ3n) is 8.71. The Kier molecular flexibility index (Phi) is 3.53. The van der Waals surface area contributed by atoms with Crippen molar-refractivity contribution < 1.29 is 42.8 Å². The van der Waals surface area contributed by atoms with E-state index < -0.39 is 230 Å². The number of benzene rings is 8. The molecule has 0 aliphatic rings. The number of hydrogen-bond acceptors (Lipinski definition) is 4. The Morgan fingerprint density at radius 3 is 1.79 bits per heavy atom. The molecule has 0 bridgehead atoms. The Hall–Kier alpha value is -7.14. The van der Waals surface area contributed by atoms with Gasteiger partial charge >= 0.3 is 0 Å². The van der Waals surface area contributed by atoms with Crippen LogP contribution in [0.1, 0.15) is 38.4 Å². The Morgan fingerprint density at radius 1 is 0.446 bits per heavy atom. The van der Waals surface area contributed by atoms with Crippen LogP contribution in [0.4, 0.5) is 0 Å². The number of hydrogen-bond donors (Lipinski definition) is 0. The lowest BCUT2D eigenvalue weighted by Crippen LogP contribution is -1.87. The first-order valence-electron chi connectivity index (χ1n) is 30.5. The van der Waals surface area contributed by atoms with Gasteiger partial charge in [0.05, 0.1) is 54.3 Å². The standard InChI is InChI=1S/C52H32N2OS/c1-2-9-33(10-3-1)34-19-21-35(22-20-34)38-11-6-13-40(29-38)41-27-28-48-46(31-41)50-52(56-48)49(53-32-54-50)42-14-7-12-39(30-42)36-23-25-37(26-24-36)43-16-8-17-45-44-15-4-5-18-47(44)55-51(43)45/h1-32H/i1D,2D,3D,4D,5D,6D,7D,8D,9D,10D,11D,12D,13D,14D,15D,16D,17D,18D,19D,20D,21D,22D,23D,24D,25D,26D,29D,30D. The summed E-state index contributed by atoms with van der Waals surface area (Å²) in [5, 5.41) is -0.396. The summed E-state index contributed by atoms with van der Waals surface area (Å²) in [5.41, 5.74) is -6.74. The fourth-order valence-electron chi connectivity index (χ4n) is 6.11. The zero-order valence-corrected chi connectivity index (χ0v) is 28.8. The molecule has 3 aromatic heterocycles. The molecule has 3 nitrogen and oxygen atoms in total. The minimum atomic E-state index is -0.920. The van der Waals surface area contributed by atoms with Gasteiger partial charge in [0.25, 0.3) is 0 Å². The summed E-state index contributed by atoms with van der Waals surface area (Å²) < 4.78 is 253. The maximum Gasteiger partial charge on any atom is 0.143 e. The van der Waals surface area contributed by atoms with Gasteiger partial charge in [0.1, 0.15) is 17.5 Å². The van der Waals surface area contributed by atoms with E-state index in [1.54, 1.807) is 0 Å². The first-order chi connectivity index (χ1) is 39.4. The third-order valence-corrected chi connectivity index (χ3v) is 9.88. The highest BCUT2D eigenvalue weighted by molar-refractivity contribution is 7.26. The molecule has 262 valence electrons. The highest BCUT2D eigenvalue weighted by atomic mass is 32.1. The summed E-state index contributed by atoms with van der Waals surface area (Å²) in [5.74, 6) is 0. The summed E-state index contributed by atoms with van der Waals surface area (Å²) in [4.78, 5) is 8.86. The lowest BCUT2D eigenvalue weighted by atomic mass is 9.96. The van der Waals surface area contributed by atoms with Gasteiger partial charge in [0, 0.05) is 32.0 Å². The topological polar surface area (TPSA) is 38.9 Å². The Morgan fingerprint density at radius 2 is 1.02 bits per heavy atom. The van der Waals surface area contributed by atoms with Crippen molar-refractivity contribution in [2.75, 3.05) is 0 Å². The van der Waals surface area contributed by atoms with Crippen LogP contribution >= 0.6 is 11.3 Å². The van der Waals surface area contributed by atoms with Crippen molar-refractivity contribution in [3.05, 3.63) is 194 Å². The molecule has 11 rings (SSSR count). The normalized spacial score (nSPS) is 18.6. The van der Waals surface area contributed by atoms with Gasteiger partial charge in [-0.1, -0.05) is 157 Å². The quantitative estimate of drug-likeness (QED) is 0.169. The molecule has 4 heteroatoms. The fraction of sp³-hybridized carbons (Fsp3) is 0. The van der Waals surface area contributed by atoms with Crippen molar-refractivity contribution in [2.24, 2.45) is 0 Å². The van der Waals surface area contributed by atoms with E-state index in [1.807, 2.05) is 0 Å². The van der Waals surface area contributed by atoms with Gasteiger partial charge < -0.3 is 4.42 Å². The van der Waals surface area contributed by atoms with Gasteiger partial charge in [-0.05, 0) is 80.3 Å². The number of fused-ring (bicyclic) bond motifs is 6. The molecule has 0 aliphatic heterocycles. The third kappa shape index (κ3) is 5.58. The molecule has 0 aliphatic carbocycles. The number of para-hydroxylation sites is 2. The summed E-state index contributed by atoms with van der Waals surface area (Å²) in [6.45, 7) is 0. The van der Waals surface area contributed by atoms with E-state index in [9.17, 15) is 8.22 Å². The van der Waals surface area contributed by atoms with Crippen LogP contribution in [0.3, 0.4) is 0 Å². The lowest BCUT2D eigenvalue weighted by molar-refractivity contribution is 0.670. The molecular formula is C52H32N2OS. The van der Waals surface area contributed by atoms with E-state index in [1.165, 1.54) is 18.2 Å². The van der Waals surface area contributed by atoms with E-state index in [4.69, 9.17) is 34.6 Å². The van der Waals surface area contributed by atoms with Crippen molar-refractivity contribution in [2.45, 2.75) is 0 Å². The largest absolute Gasteiger partial charge is 0.455 e. The maximum absolute atomic E-state index is 9.58. The molecule has 0 unspecified atom stereocenters. The number of thiophene rings is 1. The smallest absolute Gasteiger partial charge is 0.143 e. The highest BCUT2D eigenvalue weighted by Crippen LogP contribution is 2.41. The minimum Gasteiger partial charge on any atom is -0.455 e. The number of furan rings is 1. The van der Waals surface area contributed by atoms with Crippen molar-refractivity contribution in [1.82, 2.24) is 9.97 Å². The summed E-state index contributed by atoms with van der Waals surface area (Å²) >= 11 is 1.01. The monoisotopic (exact) mass is 760 g/mol. The van der Waals surface area contributed by atoms with Crippen molar-refractivity contribution in [3.63, 3.8) is 0 Å². The van der Waals surface area contributed by atoms with E-state index >= 15 is 0 Å². The molecule has 8 aromatic carbocycles. The van der Waals surface area contributed by atoms with Gasteiger partial charge in [0.15, 0.2) is 0 Å². The van der Waals surface area contributed by atoms with E-state index in [-0.39, 0.29) is 37.8 Å². The molecule has 0 amide bonds. The zero-order chi connectivity index (χ0) is 61.4. The lowest BCUT2D eigenvalue weighted by Gasteiger charge is -2.08. The second kappa shape index (κ2) is 13.3. The predicted molar refractivity (Wildman–Crippen MR) is 235 cm³/mol. The Balaban J connectivity index is 1.08. The van der Waals surface area contributed by atoms with Gasteiger partial charge in [-0.2, -0.15) is 0 Å². The van der Waals surface area contributed by atoms with E-state index in [2.05, 4.69) is 9.97 Å². The van der Waals surface area contributed by atoms with Crippen LogP contribution in [0.25, 0.3) is 109 Å². The maximum atomic E-state index is 9.58. The molecule has 11 aromatic rings. The van der Waals surface area contributed by atoms with Crippen LogP contribution in [0, 0.1) is 0 Å². The molecule has 0 radical (unpaired) electrons. The SMILES string of the molecule is [2H]c1c([2H])c([2H])c(-c2c([2H])c([2H])c(-c3c([2H])c([2H])c([2H])c(-c4ccc5sc6c(-c7c([2H])c([2H])c([2H])c(-c8c([2H])c([2H])c(-c9c([2H])c([2H])c([2H])c%10c9oc9c([2H])c([2H])c([2H])c([2H])c9%10)c([2H])c8[2H])c7[2H])ncnc6c5c4)c3[2H])c([2H])c2[2H])c([2H])c1[2H]. The van der Waals surface area contributed by atoms with Crippen molar-refractivity contribution >= 4 is 53.6 Å². The van der Waals surface area contributed by atoms with E-state index in [0.29, 0.717) is 10.1 Å². The van der Waals surface area contributed by atoms with Gasteiger partial charge in [0.2, 0.25) is 0 Å². The number of nitrogens with zero attached hydrogens (tertiary/aromatic N) is 2. The summed E-state index contributed by atoms with van der Waals surface area (Å²) in [6.07, 6.45) is 1.05. The van der Waals surface area contributed by atoms with Gasteiger partial charge in [-0.25, -0.2) is 9.97 Å². The molecule has 0 atom stereocenters. The summed E-state index contributed by atoms with van der Waals surface area (Å²) in [6, 6.07) is -17.8. The molecular weight excluding hydrogens is 701 g/mol. The van der Waals surface area contributed by atoms with Crippen LogP contribution in [-0.4, -0.2) is 9.97 Å². The van der Waals surface area contributed by atoms with Crippen LogP contribution in [0.2, 0.25) is 0 Å². The van der Waals surface area contributed by atoms with Crippen LogP contribution in [0.15, 0.2) is 198 Å². The second-order valence-electron chi connectivity index (χ2n) is 12.0. The Bertz CT molecular complexity index is 4810. The summed E-state index contributed by atoms with van der Waals surface area (Å²) in [7, 11) is 0. The second-order valence-corrected chi connectivity index (χ2v) is 13.0. The Labute approximate surface area is 367 Å². The van der Waals surface area contributed by atoms with Crippen molar-refractivity contribution in [3.8, 4) is 66.9 Å². The number of rotatable bonds is 6. The minimum absolute atomic E-state index is 0.0565. The van der Waals surface area contributed by atoms with E-state index in [0.717, 1.165) is 17.7 Å². The first-order valence-corrected chi connectivity index (χ1v) is 17.3. The molecule has 0 saturated carbocycles. The van der Waals surface area contributed by atoms with Gasteiger partial charge in [-0.15, -0.1) is 11.3 Å². The molecule has 56 heavy (non-hydrogen) atoms. The zero-order valence-electron chi connectivity index (χ0n) is 56.0. The molecule has 0 saturated heterocycles. The molecule has 0 N–H and O–H groups in total. The van der Waals surface area contributed by atoms with Crippen LogP contribution in [0.5, 0.6) is 0 Å². The van der Waals surface area contributed by atoms with Gasteiger partial charge in [-0.3, -0.25) is 0 Å². The van der Waals surface area contributed by atoms with Crippen LogP contribution < -0.4 is 0 Å². The fourth-order valence-corrected chi connectivity index (χ4v) is 7.25.